The number of fused-ring (bicyclic) bond motifs is 1. The molecule has 4 heteroatoms. The summed E-state index contributed by atoms with van der Waals surface area (Å²) < 4.78 is 0. The van der Waals surface area contributed by atoms with Crippen LogP contribution < -0.4 is 5.73 Å². The number of carbonyl (C=O) groups is 1. The van der Waals surface area contributed by atoms with Crippen LogP contribution in [0.3, 0.4) is 0 Å². The number of nitrogens with zero attached hydrogens (tertiary/aromatic N) is 1. The molecule has 0 radical (unpaired) electrons. The van der Waals surface area contributed by atoms with E-state index in [-0.39, 0.29) is 18.3 Å². The van der Waals surface area contributed by atoms with E-state index in [2.05, 4.69) is 0 Å². The SMILES string of the molecule is Cc1cccc(C)c1C(=O)N1CC2CCC(N)C2C1.Cl. The lowest BCUT2D eigenvalue weighted by Gasteiger charge is -2.21. The molecule has 2 fully saturated rings. The fraction of sp³-hybridized carbons (Fsp3) is 0.562. The Morgan fingerprint density at radius 1 is 1.20 bits per heavy atom. The molecule has 1 heterocycles. The monoisotopic (exact) mass is 294 g/mol. The second-order valence-electron chi connectivity index (χ2n) is 6.14. The molecule has 2 aliphatic rings. The van der Waals surface area contributed by atoms with E-state index in [4.69, 9.17) is 5.73 Å². The molecule has 0 aromatic heterocycles. The highest BCUT2D eigenvalue weighted by molar-refractivity contribution is 5.97. The standard InChI is InChI=1S/C16H22N2O.ClH/c1-10-4-3-5-11(2)15(10)16(19)18-8-12-6-7-14(17)13(12)9-18;/h3-5,12-14H,6-9,17H2,1-2H3;1H. The average Bonchev–Trinajstić information content (AvgIpc) is 2.92. The number of amides is 1. The van der Waals surface area contributed by atoms with Gasteiger partial charge in [-0.15, -0.1) is 12.4 Å². The fourth-order valence-electron chi connectivity index (χ4n) is 3.78. The first kappa shape index (κ1) is 15.3. The second kappa shape index (κ2) is 5.74. The summed E-state index contributed by atoms with van der Waals surface area (Å²) >= 11 is 0. The number of rotatable bonds is 1. The van der Waals surface area contributed by atoms with Gasteiger partial charge < -0.3 is 10.6 Å². The molecule has 1 aliphatic carbocycles. The molecular weight excluding hydrogens is 272 g/mol. The van der Waals surface area contributed by atoms with Crippen LogP contribution in [0.4, 0.5) is 0 Å². The van der Waals surface area contributed by atoms with Gasteiger partial charge in [0, 0.05) is 24.7 Å². The lowest BCUT2D eigenvalue weighted by molar-refractivity contribution is 0.0778. The van der Waals surface area contributed by atoms with Gasteiger partial charge in [-0.05, 0) is 49.7 Å². The first-order valence-corrected chi connectivity index (χ1v) is 7.19. The van der Waals surface area contributed by atoms with Crippen molar-refractivity contribution in [2.24, 2.45) is 17.6 Å². The van der Waals surface area contributed by atoms with Crippen LogP contribution in [0.15, 0.2) is 18.2 Å². The van der Waals surface area contributed by atoms with Crippen molar-refractivity contribution in [3.63, 3.8) is 0 Å². The van der Waals surface area contributed by atoms with Crippen LogP contribution in [0.5, 0.6) is 0 Å². The number of nitrogens with two attached hydrogens (primary N) is 1. The van der Waals surface area contributed by atoms with Gasteiger partial charge in [0.1, 0.15) is 0 Å². The maximum Gasteiger partial charge on any atom is 0.254 e. The zero-order valence-electron chi connectivity index (χ0n) is 12.1. The Morgan fingerprint density at radius 2 is 1.85 bits per heavy atom. The summed E-state index contributed by atoms with van der Waals surface area (Å²) in [7, 11) is 0. The van der Waals surface area contributed by atoms with Crippen LogP contribution >= 0.6 is 12.4 Å². The van der Waals surface area contributed by atoms with Gasteiger partial charge in [0.15, 0.2) is 0 Å². The Kier molecular flexibility index (Phi) is 4.40. The molecule has 3 rings (SSSR count). The highest BCUT2D eigenvalue weighted by atomic mass is 35.5. The summed E-state index contributed by atoms with van der Waals surface area (Å²) in [5.41, 5.74) is 9.18. The molecule has 0 bridgehead atoms. The number of hydrogen-bond donors (Lipinski definition) is 1. The molecular formula is C16H23ClN2O. The molecule has 1 aromatic carbocycles. The zero-order valence-corrected chi connectivity index (χ0v) is 13.0. The van der Waals surface area contributed by atoms with E-state index >= 15 is 0 Å². The van der Waals surface area contributed by atoms with Crippen LogP contribution in [-0.4, -0.2) is 29.9 Å². The number of hydrogen-bond acceptors (Lipinski definition) is 2. The quantitative estimate of drug-likeness (QED) is 0.865. The van der Waals surface area contributed by atoms with Gasteiger partial charge in [-0.2, -0.15) is 0 Å². The first-order chi connectivity index (χ1) is 9.08. The number of likely N-dealkylation sites (tertiary alicyclic amines) is 1. The fourth-order valence-corrected chi connectivity index (χ4v) is 3.78. The van der Waals surface area contributed by atoms with Crippen molar-refractivity contribution < 1.29 is 4.79 Å². The molecule has 3 atom stereocenters. The van der Waals surface area contributed by atoms with Crippen molar-refractivity contribution in [3.05, 3.63) is 34.9 Å². The Hall–Kier alpha value is -1.06. The molecule has 20 heavy (non-hydrogen) atoms. The van der Waals surface area contributed by atoms with Crippen LogP contribution in [0.2, 0.25) is 0 Å². The molecule has 1 saturated carbocycles. The third-order valence-electron chi connectivity index (χ3n) is 4.89. The van der Waals surface area contributed by atoms with Gasteiger partial charge >= 0.3 is 0 Å². The van der Waals surface area contributed by atoms with E-state index in [0.29, 0.717) is 17.9 Å². The van der Waals surface area contributed by atoms with E-state index in [9.17, 15) is 4.79 Å². The second-order valence-corrected chi connectivity index (χ2v) is 6.14. The molecule has 110 valence electrons. The van der Waals surface area contributed by atoms with E-state index in [1.807, 2.05) is 36.9 Å². The van der Waals surface area contributed by atoms with Crippen molar-refractivity contribution in [3.8, 4) is 0 Å². The van der Waals surface area contributed by atoms with Gasteiger partial charge in [-0.3, -0.25) is 4.79 Å². The van der Waals surface area contributed by atoms with Crippen molar-refractivity contribution in [1.82, 2.24) is 4.90 Å². The minimum absolute atomic E-state index is 0. The summed E-state index contributed by atoms with van der Waals surface area (Å²) in [5.74, 6) is 1.34. The first-order valence-electron chi connectivity index (χ1n) is 7.19. The molecule has 3 unspecified atom stereocenters. The van der Waals surface area contributed by atoms with E-state index in [1.54, 1.807) is 0 Å². The Balaban J connectivity index is 0.00000147. The maximum absolute atomic E-state index is 12.7. The largest absolute Gasteiger partial charge is 0.338 e. The van der Waals surface area contributed by atoms with Gasteiger partial charge in [0.05, 0.1) is 0 Å². The highest BCUT2D eigenvalue weighted by Crippen LogP contribution is 2.37. The third-order valence-corrected chi connectivity index (χ3v) is 4.89. The predicted molar refractivity (Wildman–Crippen MR) is 83.3 cm³/mol. The average molecular weight is 295 g/mol. The van der Waals surface area contributed by atoms with Gasteiger partial charge in [-0.25, -0.2) is 0 Å². The predicted octanol–water partition coefficient (Wildman–Crippen LogP) is 2.53. The minimum Gasteiger partial charge on any atom is -0.338 e. The molecule has 2 N–H and O–H groups in total. The lowest BCUT2D eigenvalue weighted by atomic mass is 9.98. The number of halogens is 1. The normalized spacial score (nSPS) is 28.1. The summed E-state index contributed by atoms with van der Waals surface area (Å²) in [4.78, 5) is 14.7. The highest BCUT2D eigenvalue weighted by Gasteiger charge is 2.42. The molecule has 3 nitrogen and oxygen atoms in total. The summed E-state index contributed by atoms with van der Waals surface area (Å²) in [6.45, 7) is 5.77. The molecule has 1 amide bonds. The lowest BCUT2D eigenvalue weighted by Crippen LogP contribution is -2.34. The Bertz CT molecular complexity index is 497. The number of aryl methyl sites for hydroxylation is 2. The maximum atomic E-state index is 12.7. The van der Waals surface area contributed by atoms with Crippen molar-refractivity contribution in [2.45, 2.75) is 32.7 Å². The minimum atomic E-state index is 0. The van der Waals surface area contributed by atoms with E-state index in [1.165, 1.54) is 6.42 Å². The van der Waals surface area contributed by atoms with Crippen molar-refractivity contribution in [1.29, 1.82) is 0 Å². The third kappa shape index (κ3) is 2.45. The Morgan fingerprint density at radius 3 is 2.45 bits per heavy atom. The van der Waals surface area contributed by atoms with Crippen molar-refractivity contribution >= 4 is 18.3 Å². The molecule has 1 saturated heterocycles. The van der Waals surface area contributed by atoms with Crippen LogP contribution in [0, 0.1) is 25.7 Å². The van der Waals surface area contributed by atoms with Crippen LogP contribution in [0.1, 0.15) is 34.3 Å². The van der Waals surface area contributed by atoms with Gasteiger partial charge in [0.2, 0.25) is 0 Å². The summed E-state index contributed by atoms with van der Waals surface area (Å²) in [5, 5.41) is 0. The smallest absolute Gasteiger partial charge is 0.254 e. The number of benzene rings is 1. The van der Waals surface area contributed by atoms with Crippen LogP contribution in [0.25, 0.3) is 0 Å². The molecule has 1 aliphatic heterocycles. The summed E-state index contributed by atoms with van der Waals surface area (Å²) in [6, 6.07) is 6.34. The van der Waals surface area contributed by atoms with Crippen LogP contribution in [-0.2, 0) is 0 Å². The van der Waals surface area contributed by atoms with Crippen molar-refractivity contribution in [2.75, 3.05) is 13.1 Å². The zero-order chi connectivity index (χ0) is 13.6. The Labute approximate surface area is 126 Å². The topological polar surface area (TPSA) is 46.3 Å². The number of carbonyl (C=O) groups excluding carboxylic acids is 1. The van der Waals surface area contributed by atoms with Gasteiger partial charge in [0.25, 0.3) is 5.91 Å². The molecule has 1 aromatic rings. The summed E-state index contributed by atoms with van der Waals surface area (Å²) in [6.07, 6.45) is 2.31. The molecule has 0 spiro atoms. The van der Waals surface area contributed by atoms with E-state index in [0.717, 1.165) is 36.2 Å². The van der Waals surface area contributed by atoms with E-state index < -0.39 is 0 Å². The van der Waals surface area contributed by atoms with Gasteiger partial charge in [-0.1, -0.05) is 18.2 Å².